The van der Waals surface area contributed by atoms with E-state index in [1.807, 2.05) is 36.4 Å². The molecule has 3 nitrogen and oxygen atoms in total. The van der Waals surface area contributed by atoms with Gasteiger partial charge in [-0.3, -0.25) is 0 Å². The third kappa shape index (κ3) is 3.19. The maximum atomic E-state index is 10.3. The Morgan fingerprint density at radius 1 is 1.11 bits per heavy atom. The Balaban J connectivity index is 2.34. The zero-order valence-corrected chi connectivity index (χ0v) is 11.5. The van der Waals surface area contributed by atoms with Gasteiger partial charge in [0.05, 0.1) is 0 Å². The van der Waals surface area contributed by atoms with Crippen LogP contribution in [-0.2, 0) is 5.41 Å². The smallest absolute Gasteiger partial charge is 0.151 e. The monoisotopic (exact) mass is 254 g/mol. The van der Waals surface area contributed by atoms with Gasteiger partial charge in [-0.25, -0.2) is 9.98 Å². The van der Waals surface area contributed by atoms with Gasteiger partial charge in [0, 0.05) is 18.0 Å². The number of aromatic hydroxyl groups is 1. The lowest BCUT2D eigenvalue weighted by Crippen LogP contribution is -2.11. The molecular formula is C16H18N2O. The summed E-state index contributed by atoms with van der Waals surface area (Å²) in [6.45, 7) is 6.21. The van der Waals surface area contributed by atoms with Gasteiger partial charge in [0.25, 0.3) is 0 Å². The van der Waals surface area contributed by atoms with E-state index in [0.717, 1.165) is 5.56 Å². The number of para-hydroxylation sites is 1. The third-order valence-corrected chi connectivity index (χ3v) is 2.86. The van der Waals surface area contributed by atoms with Crippen molar-refractivity contribution in [1.29, 1.82) is 0 Å². The molecule has 3 heteroatoms. The molecule has 0 saturated carbocycles. The van der Waals surface area contributed by atoms with E-state index in [2.05, 4.69) is 30.7 Å². The van der Waals surface area contributed by atoms with E-state index in [-0.39, 0.29) is 11.2 Å². The fourth-order valence-electron chi connectivity index (χ4n) is 1.84. The van der Waals surface area contributed by atoms with Crippen LogP contribution in [-0.4, -0.2) is 16.3 Å². The second-order valence-corrected chi connectivity index (χ2v) is 5.44. The molecule has 0 unspecified atom stereocenters. The normalized spacial score (nSPS) is 11.9. The zero-order valence-electron chi connectivity index (χ0n) is 11.5. The fraction of sp³-hybridized carbons (Fsp3) is 0.250. The number of pyridine rings is 1. The molecule has 1 heterocycles. The lowest BCUT2D eigenvalue weighted by Gasteiger charge is -2.21. The minimum atomic E-state index is -0.0983. The van der Waals surface area contributed by atoms with Crippen LogP contribution in [0.25, 0.3) is 0 Å². The average Bonchev–Trinajstić information content (AvgIpc) is 2.37. The Morgan fingerprint density at radius 2 is 1.89 bits per heavy atom. The molecule has 0 saturated heterocycles. The molecule has 2 aromatic rings. The fourth-order valence-corrected chi connectivity index (χ4v) is 1.84. The van der Waals surface area contributed by atoms with Crippen LogP contribution in [0.5, 0.6) is 5.75 Å². The Bertz CT molecular complexity index is 583. The summed E-state index contributed by atoms with van der Waals surface area (Å²) in [5, 5.41) is 10.3. The topological polar surface area (TPSA) is 45.5 Å². The van der Waals surface area contributed by atoms with E-state index >= 15 is 0 Å². The highest BCUT2D eigenvalue weighted by Crippen LogP contribution is 2.32. The molecule has 0 fully saturated rings. The van der Waals surface area contributed by atoms with Gasteiger partial charge < -0.3 is 5.11 Å². The molecule has 2 rings (SSSR count). The van der Waals surface area contributed by atoms with E-state index in [1.54, 1.807) is 12.4 Å². The molecule has 19 heavy (non-hydrogen) atoms. The average molecular weight is 254 g/mol. The molecule has 0 amide bonds. The van der Waals surface area contributed by atoms with Crippen molar-refractivity contribution >= 4 is 12.0 Å². The van der Waals surface area contributed by atoms with E-state index in [0.29, 0.717) is 11.4 Å². The summed E-state index contributed by atoms with van der Waals surface area (Å²) in [5.74, 6) is 0.915. The van der Waals surface area contributed by atoms with Crippen molar-refractivity contribution in [1.82, 2.24) is 4.98 Å². The van der Waals surface area contributed by atoms with Crippen LogP contribution >= 0.6 is 0 Å². The highest BCUT2D eigenvalue weighted by molar-refractivity contribution is 5.85. The van der Waals surface area contributed by atoms with Crippen LogP contribution in [0.3, 0.4) is 0 Å². The number of benzene rings is 1. The Morgan fingerprint density at radius 3 is 2.53 bits per heavy atom. The van der Waals surface area contributed by atoms with Gasteiger partial charge in [0.1, 0.15) is 5.75 Å². The van der Waals surface area contributed by atoms with Crippen molar-refractivity contribution in [3.8, 4) is 5.75 Å². The second kappa shape index (κ2) is 5.22. The predicted octanol–water partition coefficient (Wildman–Crippen LogP) is 3.84. The van der Waals surface area contributed by atoms with Crippen molar-refractivity contribution in [3.63, 3.8) is 0 Å². The number of nitrogens with zero attached hydrogens (tertiary/aromatic N) is 2. The largest absolute Gasteiger partial charge is 0.507 e. The number of phenols is 1. The molecule has 1 aromatic carbocycles. The number of aromatic nitrogens is 1. The Hall–Kier alpha value is -2.16. The predicted molar refractivity (Wildman–Crippen MR) is 78.3 cm³/mol. The Kier molecular flexibility index (Phi) is 3.65. The van der Waals surface area contributed by atoms with Crippen LogP contribution in [0.1, 0.15) is 31.9 Å². The van der Waals surface area contributed by atoms with Gasteiger partial charge in [-0.05, 0) is 29.2 Å². The van der Waals surface area contributed by atoms with Crippen LogP contribution in [0.4, 0.5) is 5.82 Å². The molecular weight excluding hydrogens is 236 g/mol. The lowest BCUT2D eigenvalue weighted by molar-refractivity contribution is 0.446. The van der Waals surface area contributed by atoms with Gasteiger partial charge in [-0.15, -0.1) is 0 Å². The summed E-state index contributed by atoms with van der Waals surface area (Å²) in [7, 11) is 0. The second-order valence-electron chi connectivity index (χ2n) is 5.44. The first-order valence-electron chi connectivity index (χ1n) is 6.26. The summed E-state index contributed by atoms with van der Waals surface area (Å²) in [6, 6.07) is 11.3. The van der Waals surface area contributed by atoms with Crippen LogP contribution < -0.4 is 0 Å². The van der Waals surface area contributed by atoms with Gasteiger partial charge in [-0.2, -0.15) is 0 Å². The van der Waals surface area contributed by atoms with E-state index < -0.39 is 0 Å². The zero-order chi connectivity index (χ0) is 13.9. The highest BCUT2D eigenvalue weighted by atomic mass is 16.3. The highest BCUT2D eigenvalue weighted by Gasteiger charge is 2.18. The SMILES string of the molecule is CC(C)(C)c1cccc(/C=N/c2ccccn2)c1O. The van der Waals surface area contributed by atoms with Crippen molar-refractivity contribution < 1.29 is 5.11 Å². The maximum absolute atomic E-state index is 10.3. The summed E-state index contributed by atoms with van der Waals surface area (Å²) >= 11 is 0. The first-order chi connectivity index (χ1) is 8.98. The molecule has 0 aliphatic heterocycles. The summed E-state index contributed by atoms with van der Waals surface area (Å²) < 4.78 is 0. The van der Waals surface area contributed by atoms with Gasteiger partial charge >= 0.3 is 0 Å². The quantitative estimate of drug-likeness (QED) is 0.828. The minimum Gasteiger partial charge on any atom is -0.507 e. The molecule has 0 radical (unpaired) electrons. The van der Waals surface area contributed by atoms with Gasteiger partial charge in [0.2, 0.25) is 0 Å². The summed E-state index contributed by atoms with van der Waals surface area (Å²) in [5.41, 5.74) is 1.52. The van der Waals surface area contributed by atoms with Crippen LogP contribution in [0.15, 0.2) is 47.6 Å². The number of hydrogen-bond acceptors (Lipinski definition) is 3. The van der Waals surface area contributed by atoms with E-state index in [4.69, 9.17) is 0 Å². The summed E-state index contributed by atoms with van der Waals surface area (Å²) in [6.07, 6.45) is 3.34. The van der Waals surface area contributed by atoms with Crippen LogP contribution in [0, 0.1) is 0 Å². The van der Waals surface area contributed by atoms with Crippen molar-refractivity contribution in [2.75, 3.05) is 0 Å². The van der Waals surface area contributed by atoms with Crippen LogP contribution in [0.2, 0.25) is 0 Å². The van der Waals surface area contributed by atoms with Crippen molar-refractivity contribution in [3.05, 3.63) is 53.7 Å². The van der Waals surface area contributed by atoms with E-state index in [1.165, 1.54) is 0 Å². The standard InChI is InChI=1S/C16H18N2O/c1-16(2,3)13-8-6-7-12(15(13)19)11-18-14-9-4-5-10-17-14/h4-11,19H,1-3H3/b18-11+. The molecule has 0 bridgehead atoms. The van der Waals surface area contributed by atoms with E-state index in [9.17, 15) is 5.11 Å². The summed E-state index contributed by atoms with van der Waals surface area (Å²) in [4.78, 5) is 8.38. The number of aliphatic imine (C=N–C) groups is 1. The first-order valence-corrected chi connectivity index (χ1v) is 6.26. The van der Waals surface area contributed by atoms with Gasteiger partial charge in [0.15, 0.2) is 5.82 Å². The number of phenolic OH excluding ortho intramolecular Hbond substituents is 1. The number of rotatable bonds is 2. The molecule has 0 atom stereocenters. The molecule has 0 spiro atoms. The number of hydrogen-bond donors (Lipinski definition) is 1. The third-order valence-electron chi connectivity index (χ3n) is 2.86. The molecule has 1 N–H and O–H groups in total. The lowest BCUT2D eigenvalue weighted by atomic mass is 9.85. The maximum Gasteiger partial charge on any atom is 0.151 e. The Labute approximate surface area is 113 Å². The molecule has 0 aliphatic rings. The molecule has 98 valence electrons. The first kappa shape index (κ1) is 13.3. The molecule has 0 aliphatic carbocycles. The van der Waals surface area contributed by atoms with Crippen molar-refractivity contribution in [2.24, 2.45) is 4.99 Å². The van der Waals surface area contributed by atoms with Crippen molar-refractivity contribution in [2.45, 2.75) is 26.2 Å². The molecule has 1 aromatic heterocycles. The van der Waals surface area contributed by atoms with Gasteiger partial charge in [-0.1, -0.05) is 39.0 Å². The minimum absolute atomic E-state index is 0.0983.